The number of aromatic nitrogens is 3. The number of benzene rings is 7. The molecule has 0 amide bonds. The highest BCUT2D eigenvalue weighted by Crippen LogP contribution is 2.43. The number of rotatable bonds is 4. The lowest BCUT2D eigenvalue weighted by atomic mass is 9.87. The van der Waals surface area contributed by atoms with Crippen molar-refractivity contribution in [3.63, 3.8) is 0 Å². The molecular formula is C43H30N3O+. The Bertz CT molecular complexity index is 2580. The molecule has 0 aliphatic rings. The second-order valence-corrected chi connectivity index (χ2v) is 12.0. The average molecular weight is 605 g/mol. The maximum Gasteiger partial charge on any atom is 0.254 e. The number of imidazole rings is 1. The Morgan fingerprint density at radius 3 is 1.83 bits per heavy atom. The molecule has 1 N–H and O–H groups in total. The van der Waals surface area contributed by atoms with Crippen LogP contribution in [0.15, 0.2) is 158 Å². The molecular weight excluding hydrogens is 574 g/mol. The first-order valence-electron chi connectivity index (χ1n) is 15.9. The third-order valence-electron chi connectivity index (χ3n) is 9.36. The Morgan fingerprint density at radius 2 is 1.13 bits per heavy atom. The standard InChI is InChI=1S/C43H29N3O/c1-45-38(27-26-29-12-11-21-39(47)42(29)45)41-34-17-7-5-15-32(34)40(33-16-6-8-18-35(33)41)28-22-24-30(25-23-28)43-44-36-19-9-10-20-37(36)46(43)31-13-3-2-4-14-31/h2-27H,1H3/p+1. The number of phenols is 1. The monoisotopic (exact) mass is 604 g/mol. The number of para-hydroxylation sites is 4. The normalized spacial score (nSPS) is 11.6. The number of pyridine rings is 1. The van der Waals surface area contributed by atoms with Crippen molar-refractivity contribution in [3.05, 3.63) is 158 Å². The molecule has 9 aromatic rings. The predicted molar refractivity (Wildman–Crippen MR) is 193 cm³/mol. The van der Waals surface area contributed by atoms with Crippen molar-refractivity contribution >= 4 is 43.5 Å². The Kier molecular flexibility index (Phi) is 6.15. The molecule has 2 aromatic heterocycles. The molecule has 0 aliphatic heterocycles. The summed E-state index contributed by atoms with van der Waals surface area (Å²) in [6.07, 6.45) is 0. The van der Waals surface area contributed by atoms with Gasteiger partial charge in [-0.15, -0.1) is 0 Å². The van der Waals surface area contributed by atoms with Crippen molar-refractivity contribution in [2.45, 2.75) is 0 Å². The Labute approximate surface area is 272 Å². The quantitative estimate of drug-likeness (QED) is 0.160. The molecule has 47 heavy (non-hydrogen) atoms. The Hall–Kier alpha value is -6.26. The summed E-state index contributed by atoms with van der Waals surface area (Å²) in [5.41, 5.74) is 9.57. The average Bonchev–Trinajstić information content (AvgIpc) is 3.51. The molecule has 2 heterocycles. The molecule has 0 fully saturated rings. The van der Waals surface area contributed by atoms with E-state index in [-0.39, 0.29) is 5.75 Å². The molecule has 0 unspecified atom stereocenters. The number of nitrogens with zero attached hydrogens (tertiary/aromatic N) is 3. The van der Waals surface area contributed by atoms with E-state index in [1.54, 1.807) is 6.07 Å². The molecule has 7 aromatic carbocycles. The molecule has 0 bridgehead atoms. The van der Waals surface area contributed by atoms with Gasteiger partial charge in [0.1, 0.15) is 12.9 Å². The summed E-state index contributed by atoms with van der Waals surface area (Å²) < 4.78 is 4.36. The second-order valence-electron chi connectivity index (χ2n) is 12.0. The zero-order valence-corrected chi connectivity index (χ0v) is 25.8. The summed E-state index contributed by atoms with van der Waals surface area (Å²) in [7, 11) is 2.04. The fourth-order valence-corrected chi connectivity index (χ4v) is 7.26. The van der Waals surface area contributed by atoms with Crippen LogP contribution in [0.1, 0.15) is 0 Å². The minimum atomic E-state index is 0.276. The minimum Gasteiger partial charge on any atom is -0.502 e. The molecule has 0 atom stereocenters. The first kappa shape index (κ1) is 27.1. The first-order valence-corrected chi connectivity index (χ1v) is 15.9. The highest BCUT2D eigenvalue weighted by molar-refractivity contribution is 6.21. The van der Waals surface area contributed by atoms with Crippen LogP contribution >= 0.6 is 0 Å². The molecule has 0 aliphatic carbocycles. The fraction of sp³-hybridized carbons (Fsp3) is 0.0233. The number of hydrogen-bond acceptors (Lipinski definition) is 2. The van der Waals surface area contributed by atoms with E-state index in [4.69, 9.17) is 4.98 Å². The second kappa shape index (κ2) is 10.7. The van der Waals surface area contributed by atoms with Gasteiger partial charge in [0.05, 0.1) is 22.0 Å². The lowest BCUT2D eigenvalue weighted by Gasteiger charge is -2.17. The number of aromatic hydroxyl groups is 1. The van der Waals surface area contributed by atoms with E-state index in [0.29, 0.717) is 0 Å². The van der Waals surface area contributed by atoms with Crippen LogP contribution in [-0.4, -0.2) is 14.7 Å². The summed E-state index contributed by atoms with van der Waals surface area (Å²) >= 11 is 0. The van der Waals surface area contributed by atoms with Gasteiger partial charge >= 0.3 is 0 Å². The van der Waals surface area contributed by atoms with Gasteiger partial charge in [0, 0.05) is 17.3 Å². The summed E-state index contributed by atoms with van der Waals surface area (Å²) in [5.74, 6) is 1.19. The van der Waals surface area contributed by atoms with E-state index in [1.165, 1.54) is 27.1 Å². The SMILES string of the molecule is C[n+]1c(-c2c3ccccc3c(-c3ccc(-c4nc5ccccc5n4-c4ccccc4)cc3)c3ccccc23)ccc2cccc(O)c21. The van der Waals surface area contributed by atoms with Gasteiger partial charge in [-0.1, -0.05) is 109 Å². The smallest absolute Gasteiger partial charge is 0.254 e. The van der Waals surface area contributed by atoms with Crippen LogP contribution in [0.3, 0.4) is 0 Å². The number of aryl methyl sites for hydroxylation is 1. The van der Waals surface area contributed by atoms with Crippen LogP contribution in [0, 0.1) is 0 Å². The van der Waals surface area contributed by atoms with Crippen molar-refractivity contribution in [2.75, 3.05) is 0 Å². The van der Waals surface area contributed by atoms with Gasteiger partial charge in [-0.2, -0.15) is 4.57 Å². The molecule has 9 rings (SSSR count). The summed E-state index contributed by atoms with van der Waals surface area (Å²) in [5, 5.41) is 16.5. The first-order chi connectivity index (χ1) is 23.2. The van der Waals surface area contributed by atoms with Gasteiger partial charge in [0.2, 0.25) is 5.69 Å². The zero-order chi connectivity index (χ0) is 31.5. The van der Waals surface area contributed by atoms with Gasteiger partial charge in [-0.05, 0) is 75.1 Å². The van der Waals surface area contributed by atoms with Gasteiger partial charge < -0.3 is 5.11 Å². The fourth-order valence-electron chi connectivity index (χ4n) is 7.26. The van der Waals surface area contributed by atoms with Gasteiger partial charge in [0.15, 0.2) is 5.75 Å². The topological polar surface area (TPSA) is 41.9 Å². The van der Waals surface area contributed by atoms with E-state index >= 15 is 0 Å². The Morgan fingerprint density at radius 1 is 0.532 bits per heavy atom. The molecule has 222 valence electrons. The van der Waals surface area contributed by atoms with Gasteiger partial charge in [-0.25, -0.2) is 4.98 Å². The summed E-state index contributed by atoms with van der Waals surface area (Å²) in [4.78, 5) is 5.09. The van der Waals surface area contributed by atoms with Crippen LogP contribution in [0.2, 0.25) is 0 Å². The van der Waals surface area contributed by atoms with Gasteiger partial charge in [-0.3, -0.25) is 4.57 Å². The maximum atomic E-state index is 10.8. The van der Waals surface area contributed by atoms with Crippen LogP contribution in [-0.2, 0) is 7.05 Å². The van der Waals surface area contributed by atoms with Crippen LogP contribution < -0.4 is 4.57 Å². The molecule has 0 radical (unpaired) electrons. The van der Waals surface area contributed by atoms with Crippen molar-refractivity contribution in [1.29, 1.82) is 0 Å². The number of hydrogen-bond donors (Lipinski definition) is 1. The molecule has 4 heteroatoms. The Balaban J connectivity index is 1.26. The van der Waals surface area contributed by atoms with E-state index < -0.39 is 0 Å². The third kappa shape index (κ3) is 4.23. The highest BCUT2D eigenvalue weighted by Gasteiger charge is 2.24. The molecule has 0 saturated heterocycles. The van der Waals surface area contributed by atoms with Crippen LogP contribution in [0.4, 0.5) is 0 Å². The number of fused-ring (bicyclic) bond motifs is 4. The van der Waals surface area contributed by atoms with Crippen molar-refractivity contribution in [1.82, 2.24) is 9.55 Å². The van der Waals surface area contributed by atoms with Crippen LogP contribution in [0.5, 0.6) is 5.75 Å². The maximum absolute atomic E-state index is 10.8. The molecule has 0 spiro atoms. The van der Waals surface area contributed by atoms with Crippen molar-refractivity contribution < 1.29 is 9.67 Å². The molecule has 0 saturated carbocycles. The zero-order valence-electron chi connectivity index (χ0n) is 25.8. The largest absolute Gasteiger partial charge is 0.502 e. The lowest BCUT2D eigenvalue weighted by Crippen LogP contribution is -2.32. The van der Waals surface area contributed by atoms with E-state index in [9.17, 15) is 5.11 Å². The lowest BCUT2D eigenvalue weighted by molar-refractivity contribution is -0.633. The molecule has 4 nitrogen and oxygen atoms in total. The number of phenolic OH excluding ortho intramolecular Hbond substituents is 1. The van der Waals surface area contributed by atoms with E-state index in [2.05, 4.69) is 137 Å². The van der Waals surface area contributed by atoms with E-state index in [0.717, 1.165) is 55.8 Å². The van der Waals surface area contributed by atoms with Crippen molar-refractivity contribution in [2.24, 2.45) is 7.05 Å². The van der Waals surface area contributed by atoms with Crippen LogP contribution in [0.25, 0.3) is 82.9 Å². The summed E-state index contributed by atoms with van der Waals surface area (Å²) in [6.45, 7) is 0. The van der Waals surface area contributed by atoms with E-state index in [1.807, 2.05) is 31.3 Å². The summed E-state index contributed by atoms with van der Waals surface area (Å²) in [6, 6.07) is 54.9. The minimum absolute atomic E-state index is 0.276. The van der Waals surface area contributed by atoms with Gasteiger partial charge in [0.25, 0.3) is 5.52 Å². The van der Waals surface area contributed by atoms with Crippen molar-refractivity contribution in [3.8, 4) is 45.2 Å². The highest BCUT2D eigenvalue weighted by atomic mass is 16.3. The predicted octanol–water partition coefficient (Wildman–Crippen LogP) is 10.0. The third-order valence-corrected chi connectivity index (χ3v) is 9.36.